The molecule has 12 N–H and O–H groups in total. The van der Waals surface area contributed by atoms with Crippen molar-refractivity contribution in [1.29, 1.82) is 0 Å². The molecule has 3 heterocycles. The molecule has 3 aliphatic rings. The summed E-state index contributed by atoms with van der Waals surface area (Å²) in [5, 5.41) is 121. The molecule has 19 heteroatoms. The van der Waals surface area contributed by atoms with E-state index in [4.69, 9.17) is 28.4 Å². The summed E-state index contributed by atoms with van der Waals surface area (Å²) in [7, 11) is 0. The SMILES string of the molecule is CCCCCCCCCCCCCCCCCCCCCCCCCC(=O)NC(COC1OC(CO)C(OC2OC(CO)C(OC3OC(CO)C(O)C(O)C3O)C(O)C2O)C(O)C1O)C(O)CCCCCCCCCCCCCCCCCCCCCC. The molecule has 0 aromatic rings. The van der Waals surface area contributed by atoms with Crippen molar-refractivity contribution in [1.82, 2.24) is 5.32 Å². The Balaban J connectivity index is 1.41. The molecule has 17 unspecified atom stereocenters. The van der Waals surface area contributed by atoms with Crippen molar-refractivity contribution in [3.05, 3.63) is 0 Å². The number of aliphatic hydroxyl groups excluding tert-OH is 11. The molecule has 0 radical (unpaired) electrons. The van der Waals surface area contributed by atoms with E-state index in [1.54, 1.807) is 0 Å². The minimum atomic E-state index is -1.97. The molecule has 1 amide bonds. The number of aliphatic hydroxyl groups is 11. The highest BCUT2D eigenvalue weighted by Gasteiger charge is 2.53. The Kier molecular flexibility index (Phi) is 48.0. The van der Waals surface area contributed by atoms with Gasteiger partial charge >= 0.3 is 0 Å². The maximum absolute atomic E-state index is 13.4. The largest absolute Gasteiger partial charge is 0.394 e. The molecular formula is C69H133NO18. The molecule has 0 saturated carbocycles. The molecule has 0 aromatic carbocycles. The van der Waals surface area contributed by atoms with E-state index in [9.17, 15) is 61.0 Å². The molecule has 0 bridgehead atoms. The van der Waals surface area contributed by atoms with E-state index < -0.39 is 124 Å². The van der Waals surface area contributed by atoms with Gasteiger partial charge in [0.25, 0.3) is 0 Å². The van der Waals surface area contributed by atoms with Crippen LogP contribution in [0.15, 0.2) is 0 Å². The second kappa shape index (κ2) is 52.1. The number of carbonyl (C=O) groups excluding carboxylic acids is 1. The Hall–Kier alpha value is -1.21. The van der Waals surface area contributed by atoms with Gasteiger partial charge in [0.05, 0.1) is 38.6 Å². The summed E-state index contributed by atoms with van der Waals surface area (Å²) >= 11 is 0. The lowest BCUT2D eigenvalue weighted by Gasteiger charge is -2.48. The van der Waals surface area contributed by atoms with Gasteiger partial charge in [-0.25, -0.2) is 0 Å². The second-order valence-electron chi connectivity index (χ2n) is 26.4. The summed E-state index contributed by atoms with van der Waals surface area (Å²) in [6, 6.07) is -0.882. The molecule has 88 heavy (non-hydrogen) atoms. The van der Waals surface area contributed by atoms with Gasteiger partial charge in [0, 0.05) is 6.42 Å². The van der Waals surface area contributed by atoms with E-state index in [2.05, 4.69) is 19.2 Å². The molecule has 522 valence electrons. The molecule has 3 fully saturated rings. The van der Waals surface area contributed by atoms with E-state index in [1.165, 1.54) is 225 Å². The van der Waals surface area contributed by atoms with Crippen LogP contribution in [0.1, 0.15) is 303 Å². The van der Waals surface area contributed by atoms with Gasteiger partial charge in [-0.15, -0.1) is 0 Å². The van der Waals surface area contributed by atoms with E-state index in [1.807, 2.05) is 0 Å². The fourth-order valence-electron chi connectivity index (χ4n) is 12.8. The third-order valence-electron chi connectivity index (χ3n) is 18.7. The van der Waals surface area contributed by atoms with Gasteiger partial charge < -0.3 is 89.9 Å². The number of nitrogens with one attached hydrogen (secondary N) is 1. The van der Waals surface area contributed by atoms with Crippen LogP contribution in [0.4, 0.5) is 0 Å². The van der Waals surface area contributed by atoms with Crippen molar-refractivity contribution in [3.8, 4) is 0 Å². The van der Waals surface area contributed by atoms with E-state index in [-0.39, 0.29) is 18.9 Å². The predicted octanol–water partition coefficient (Wildman–Crippen LogP) is 9.89. The topological polar surface area (TPSA) is 307 Å². The normalized spacial score (nSPS) is 28.3. The van der Waals surface area contributed by atoms with Crippen molar-refractivity contribution in [3.63, 3.8) is 0 Å². The molecule has 3 aliphatic heterocycles. The first-order valence-electron chi connectivity index (χ1n) is 36.3. The van der Waals surface area contributed by atoms with Crippen LogP contribution in [0.3, 0.4) is 0 Å². The van der Waals surface area contributed by atoms with Crippen LogP contribution in [0.2, 0.25) is 0 Å². The van der Waals surface area contributed by atoms with Gasteiger partial charge in [-0.1, -0.05) is 284 Å². The highest BCUT2D eigenvalue weighted by Crippen LogP contribution is 2.33. The highest BCUT2D eigenvalue weighted by molar-refractivity contribution is 5.76. The number of amides is 1. The highest BCUT2D eigenvalue weighted by atomic mass is 16.8. The number of carbonyl (C=O) groups is 1. The zero-order chi connectivity index (χ0) is 64.0. The van der Waals surface area contributed by atoms with Crippen molar-refractivity contribution < 1.29 is 89.4 Å². The fourth-order valence-corrected chi connectivity index (χ4v) is 12.8. The summed E-state index contributed by atoms with van der Waals surface area (Å²) in [5.41, 5.74) is 0. The summed E-state index contributed by atoms with van der Waals surface area (Å²) < 4.78 is 34.5. The first-order valence-corrected chi connectivity index (χ1v) is 36.3. The van der Waals surface area contributed by atoms with Crippen molar-refractivity contribution >= 4 is 5.91 Å². The van der Waals surface area contributed by atoms with Crippen LogP contribution in [-0.4, -0.2) is 193 Å². The second-order valence-corrected chi connectivity index (χ2v) is 26.4. The zero-order valence-electron chi connectivity index (χ0n) is 55.2. The maximum atomic E-state index is 13.4. The molecule has 0 aromatic heterocycles. The minimum Gasteiger partial charge on any atom is -0.394 e. The van der Waals surface area contributed by atoms with E-state index in [0.29, 0.717) is 12.8 Å². The summed E-state index contributed by atoms with van der Waals surface area (Å²) in [4.78, 5) is 13.4. The van der Waals surface area contributed by atoms with E-state index in [0.717, 1.165) is 44.9 Å². The Morgan fingerprint density at radius 2 is 0.648 bits per heavy atom. The maximum Gasteiger partial charge on any atom is 0.220 e. The van der Waals surface area contributed by atoms with Crippen LogP contribution in [-0.2, 0) is 33.2 Å². The van der Waals surface area contributed by atoms with E-state index >= 15 is 0 Å². The lowest BCUT2D eigenvalue weighted by atomic mass is 9.96. The molecule has 19 nitrogen and oxygen atoms in total. The minimum absolute atomic E-state index is 0.235. The third kappa shape index (κ3) is 33.8. The van der Waals surface area contributed by atoms with Crippen molar-refractivity contribution in [2.45, 2.75) is 407 Å². The number of ether oxygens (including phenoxy) is 6. The summed E-state index contributed by atoms with van der Waals surface area (Å²) in [5.74, 6) is -0.235. The van der Waals surface area contributed by atoms with Crippen LogP contribution in [0.5, 0.6) is 0 Å². The molecule has 17 atom stereocenters. The van der Waals surface area contributed by atoms with Gasteiger partial charge in [0.2, 0.25) is 5.91 Å². The Morgan fingerprint density at radius 1 is 0.364 bits per heavy atom. The zero-order valence-corrected chi connectivity index (χ0v) is 55.2. The van der Waals surface area contributed by atoms with Crippen LogP contribution >= 0.6 is 0 Å². The van der Waals surface area contributed by atoms with Crippen molar-refractivity contribution in [2.75, 3.05) is 26.4 Å². The number of hydrogen-bond donors (Lipinski definition) is 12. The van der Waals surface area contributed by atoms with Crippen molar-refractivity contribution in [2.24, 2.45) is 0 Å². The molecule has 0 aliphatic carbocycles. The van der Waals surface area contributed by atoms with Gasteiger partial charge in [-0.3, -0.25) is 4.79 Å². The van der Waals surface area contributed by atoms with Crippen LogP contribution in [0.25, 0.3) is 0 Å². The number of rotatable bonds is 57. The monoisotopic (exact) mass is 1260 g/mol. The molecular weight excluding hydrogens is 1130 g/mol. The first-order chi connectivity index (χ1) is 42.8. The standard InChI is InChI=1S/C69H133NO18/c1-3-5-7-9-11-13-15-17-19-21-23-25-26-27-29-31-33-35-37-39-41-43-45-47-57(75)70-52(53(74)46-44-42-40-38-36-34-32-30-28-24-22-20-18-16-14-12-10-8-6-4-2)51-83-67-63(81)60(78)65(55(49-72)85-67)88-69-64(82)61(79)66(56(50-73)86-69)87-68-62(80)59(77)58(76)54(48-71)84-68/h52-56,58-69,71-74,76-82H,3-51H2,1-2H3,(H,70,75). The average Bonchev–Trinajstić information content (AvgIpc) is 3.71. The van der Waals surface area contributed by atoms with Crippen LogP contribution < -0.4 is 5.32 Å². The van der Waals surface area contributed by atoms with Gasteiger partial charge in [-0.05, 0) is 12.8 Å². The number of unbranched alkanes of at least 4 members (excludes halogenated alkanes) is 41. The molecule has 3 saturated heterocycles. The first kappa shape index (κ1) is 81.0. The summed E-state index contributed by atoms with van der Waals surface area (Å²) in [6.07, 6.45) is 28.9. The average molecular weight is 1260 g/mol. The van der Waals surface area contributed by atoms with Gasteiger partial charge in [-0.2, -0.15) is 0 Å². The molecule has 0 spiro atoms. The predicted molar refractivity (Wildman–Crippen MR) is 342 cm³/mol. The lowest BCUT2D eigenvalue weighted by Crippen LogP contribution is -2.66. The quantitative estimate of drug-likeness (QED) is 0.0252. The third-order valence-corrected chi connectivity index (χ3v) is 18.7. The van der Waals surface area contributed by atoms with Crippen LogP contribution in [0, 0.1) is 0 Å². The molecule has 3 rings (SSSR count). The Bertz CT molecular complexity index is 1600. The smallest absolute Gasteiger partial charge is 0.220 e. The Labute approximate surface area is 532 Å². The Morgan fingerprint density at radius 3 is 0.989 bits per heavy atom. The fraction of sp³-hybridized carbons (Fsp3) is 0.986. The number of hydrogen-bond acceptors (Lipinski definition) is 18. The lowest BCUT2D eigenvalue weighted by molar-refractivity contribution is -0.379. The van der Waals surface area contributed by atoms with Gasteiger partial charge in [0.1, 0.15) is 73.2 Å². The van der Waals surface area contributed by atoms with Gasteiger partial charge in [0.15, 0.2) is 18.9 Å². The summed E-state index contributed by atoms with van der Waals surface area (Å²) in [6.45, 7) is 1.85.